The molecule has 2 aromatic carbocycles. The number of hydrogen-bond donors (Lipinski definition) is 1. The Morgan fingerprint density at radius 1 is 1.14 bits per heavy atom. The molecule has 0 bridgehead atoms. The van der Waals surface area contributed by atoms with E-state index in [2.05, 4.69) is 15.5 Å². The molecule has 4 nitrogen and oxygen atoms in total. The number of carbonyl (C=O) groups is 1. The first-order valence-corrected chi connectivity index (χ1v) is 8.77. The number of rotatable bonds is 4. The van der Waals surface area contributed by atoms with Gasteiger partial charge in [0.2, 0.25) is 5.91 Å². The summed E-state index contributed by atoms with van der Waals surface area (Å²) in [6.45, 7) is 0. The first-order valence-electron chi connectivity index (χ1n) is 8.77. The number of pyridine rings is 1. The van der Waals surface area contributed by atoms with Crippen LogP contribution in [-0.2, 0) is 11.0 Å². The summed E-state index contributed by atoms with van der Waals surface area (Å²) < 4.78 is 39.9. The zero-order chi connectivity index (χ0) is 19.7. The molecule has 1 aromatic heterocycles. The Labute approximate surface area is 159 Å². The van der Waals surface area contributed by atoms with Crippen molar-refractivity contribution in [1.29, 1.82) is 0 Å². The molecule has 2 atom stereocenters. The van der Waals surface area contributed by atoms with Gasteiger partial charge in [-0.25, -0.2) is 5.43 Å². The second-order valence-corrected chi connectivity index (χ2v) is 6.73. The summed E-state index contributed by atoms with van der Waals surface area (Å²) in [7, 11) is 0. The van der Waals surface area contributed by atoms with Gasteiger partial charge in [-0.3, -0.25) is 9.78 Å². The van der Waals surface area contributed by atoms with Crippen LogP contribution in [0.15, 0.2) is 65.9 Å². The Morgan fingerprint density at radius 3 is 2.68 bits per heavy atom. The number of benzene rings is 2. The number of alkyl halides is 3. The highest BCUT2D eigenvalue weighted by Gasteiger charge is 2.43. The van der Waals surface area contributed by atoms with Gasteiger partial charge in [-0.15, -0.1) is 0 Å². The Hall–Kier alpha value is -3.22. The van der Waals surface area contributed by atoms with Crippen LogP contribution in [0.25, 0.3) is 10.9 Å². The number of carbonyl (C=O) groups excluding carboxylic acids is 1. The van der Waals surface area contributed by atoms with Crippen molar-refractivity contribution in [2.24, 2.45) is 11.0 Å². The lowest BCUT2D eigenvalue weighted by Crippen LogP contribution is -2.20. The summed E-state index contributed by atoms with van der Waals surface area (Å²) in [5.74, 6) is -0.227. The van der Waals surface area contributed by atoms with E-state index in [1.807, 2.05) is 30.3 Å². The topological polar surface area (TPSA) is 54.4 Å². The second kappa shape index (κ2) is 7.07. The van der Waals surface area contributed by atoms with Gasteiger partial charge in [0.1, 0.15) is 0 Å². The smallest absolute Gasteiger partial charge is 0.273 e. The van der Waals surface area contributed by atoms with Crippen LogP contribution in [-0.4, -0.2) is 17.1 Å². The number of halogens is 3. The van der Waals surface area contributed by atoms with Gasteiger partial charge in [-0.2, -0.15) is 18.3 Å². The molecule has 0 aliphatic heterocycles. The highest BCUT2D eigenvalue weighted by Crippen LogP contribution is 2.47. The number of nitrogens with one attached hydrogen (secondary N) is 1. The monoisotopic (exact) mass is 383 g/mol. The molecule has 142 valence electrons. The molecule has 1 amide bonds. The van der Waals surface area contributed by atoms with Crippen molar-refractivity contribution in [2.45, 2.75) is 18.5 Å². The third-order valence-corrected chi connectivity index (χ3v) is 4.78. The van der Waals surface area contributed by atoms with E-state index in [1.165, 1.54) is 12.4 Å². The van der Waals surface area contributed by atoms with Crippen molar-refractivity contribution < 1.29 is 18.0 Å². The normalized spacial score (nSPS) is 19.1. The average Bonchev–Trinajstić information content (AvgIpc) is 3.48. The van der Waals surface area contributed by atoms with Crippen molar-refractivity contribution in [3.63, 3.8) is 0 Å². The molecular weight excluding hydrogens is 367 g/mol. The molecule has 1 aliphatic carbocycles. The molecule has 2 unspecified atom stereocenters. The van der Waals surface area contributed by atoms with Crippen LogP contribution in [0.2, 0.25) is 0 Å². The summed E-state index contributed by atoms with van der Waals surface area (Å²) in [5.41, 5.74) is 2.83. The molecule has 7 heteroatoms. The van der Waals surface area contributed by atoms with Crippen LogP contribution in [0, 0.1) is 5.92 Å². The fourth-order valence-electron chi connectivity index (χ4n) is 3.31. The summed E-state index contributed by atoms with van der Waals surface area (Å²) in [6.07, 6.45) is -1.24. The fourth-order valence-corrected chi connectivity index (χ4v) is 3.31. The maximum absolute atomic E-state index is 13.3. The molecule has 0 radical (unpaired) electrons. The zero-order valence-electron chi connectivity index (χ0n) is 14.6. The predicted molar refractivity (Wildman–Crippen MR) is 99.8 cm³/mol. The van der Waals surface area contributed by atoms with Crippen LogP contribution in [0.5, 0.6) is 0 Å². The van der Waals surface area contributed by atoms with Crippen molar-refractivity contribution in [2.75, 3.05) is 0 Å². The maximum Gasteiger partial charge on any atom is 0.418 e. The lowest BCUT2D eigenvalue weighted by atomic mass is 10.1. The van der Waals surface area contributed by atoms with E-state index in [9.17, 15) is 18.0 Å². The minimum Gasteiger partial charge on any atom is -0.273 e. The highest BCUT2D eigenvalue weighted by molar-refractivity contribution is 5.91. The number of hydrogen-bond acceptors (Lipinski definition) is 3. The molecule has 0 spiro atoms. The Kier molecular flexibility index (Phi) is 4.58. The fraction of sp³-hybridized carbons (Fsp3) is 0.190. The predicted octanol–water partition coefficient (Wildman–Crippen LogP) is 4.51. The average molecular weight is 383 g/mol. The van der Waals surface area contributed by atoms with Crippen LogP contribution in [0.3, 0.4) is 0 Å². The van der Waals surface area contributed by atoms with Gasteiger partial charge < -0.3 is 0 Å². The molecule has 1 fully saturated rings. The SMILES string of the molecule is O=C(N/N=C/c1cc(C(F)(F)F)c2ncccc2c1)C1CC1c1ccccc1. The van der Waals surface area contributed by atoms with Crippen molar-refractivity contribution >= 4 is 23.0 Å². The largest absolute Gasteiger partial charge is 0.418 e. The highest BCUT2D eigenvalue weighted by atomic mass is 19.4. The van der Waals surface area contributed by atoms with Gasteiger partial charge >= 0.3 is 6.18 Å². The third kappa shape index (κ3) is 3.74. The first-order chi connectivity index (χ1) is 13.4. The van der Waals surface area contributed by atoms with E-state index in [0.29, 0.717) is 5.39 Å². The van der Waals surface area contributed by atoms with Gasteiger partial charge in [-0.1, -0.05) is 36.4 Å². The lowest BCUT2D eigenvalue weighted by molar-refractivity contribution is -0.136. The molecule has 1 aliphatic rings. The minimum absolute atomic E-state index is 0.111. The van der Waals surface area contributed by atoms with Crippen LogP contribution in [0.4, 0.5) is 13.2 Å². The van der Waals surface area contributed by atoms with E-state index < -0.39 is 11.7 Å². The van der Waals surface area contributed by atoms with Gasteiger partial charge in [0.25, 0.3) is 0 Å². The minimum atomic E-state index is -4.53. The van der Waals surface area contributed by atoms with Gasteiger partial charge in [-0.05, 0) is 41.7 Å². The zero-order valence-corrected chi connectivity index (χ0v) is 14.6. The maximum atomic E-state index is 13.3. The number of amides is 1. The second-order valence-electron chi connectivity index (χ2n) is 6.73. The molecule has 3 aromatic rings. The summed E-state index contributed by atoms with van der Waals surface area (Å²) >= 11 is 0. The van der Waals surface area contributed by atoms with E-state index in [0.717, 1.165) is 18.1 Å². The van der Waals surface area contributed by atoms with Gasteiger partial charge in [0.05, 0.1) is 17.3 Å². The number of aromatic nitrogens is 1. The van der Waals surface area contributed by atoms with Crippen molar-refractivity contribution in [3.8, 4) is 0 Å². The van der Waals surface area contributed by atoms with E-state index >= 15 is 0 Å². The van der Waals surface area contributed by atoms with Crippen LogP contribution >= 0.6 is 0 Å². The number of hydrazone groups is 1. The number of fused-ring (bicyclic) bond motifs is 1. The molecule has 0 saturated heterocycles. The summed E-state index contributed by atoms with van der Waals surface area (Å²) in [5, 5.41) is 4.21. The van der Waals surface area contributed by atoms with Crippen molar-refractivity contribution in [1.82, 2.24) is 10.4 Å². The molecule has 1 saturated carbocycles. The van der Waals surface area contributed by atoms with E-state index in [4.69, 9.17) is 0 Å². The van der Waals surface area contributed by atoms with E-state index in [-0.39, 0.29) is 28.8 Å². The first kappa shape index (κ1) is 18.2. The Bertz CT molecular complexity index is 1050. The quantitative estimate of drug-likeness (QED) is 0.532. The lowest BCUT2D eigenvalue weighted by Gasteiger charge is -2.10. The Morgan fingerprint density at radius 2 is 1.93 bits per heavy atom. The van der Waals surface area contributed by atoms with Crippen LogP contribution < -0.4 is 5.43 Å². The summed E-state index contributed by atoms with van der Waals surface area (Å²) in [6, 6.07) is 15.4. The summed E-state index contributed by atoms with van der Waals surface area (Å²) in [4.78, 5) is 16.0. The standard InChI is InChI=1S/C21H16F3N3O/c22-21(23,24)18-10-13(9-15-7-4-8-25-19(15)18)12-26-27-20(28)17-11-16(17)14-5-2-1-3-6-14/h1-10,12,16-17H,11H2,(H,27,28)/b26-12+. The molecule has 28 heavy (non-hydrogen) atoms. The molecule has 1 heterocycles. The molecule has 1 N–H and O–H groups in total. The van der Waals surface area contributed by atoms with E-state index in [1.54, 1.807) is 18.2 Å². The third-order valence-electron chi connectivity index (χ3n) is 4.78. The van der Waals surface area contributed by atoms with Crippen LogP contribution in [0.1, 0.15) is 29.0 Å². The van der Waals surface area contributed by atoms with Gasteiger partial charge in [0.15, 0.2) is 0 Å². The van der Waals surface area contributed by atoms with Crippen molar-refractivity contribution in [3.05, 3.63) is 77.5 Å². The molecular formula is C21H16F3N3O. The van der Waals surface area contributed by atoms with Gasteiger partial charge in [0, 0.05) is 17.5 Å². The molecule has 4 rings (SSSR count). The Balaban J connectivity index is 1.48. The number of nitrogens with zero attached hydrogens (tertiary/aromatic N) is 2.